The Morgan fingerprint density at radius 1 is 0.745 bits per heavy atom. The molecule has 3 fully saturated rings. The molecule has 3 aromatic rings. The van der Waals surface area contributed by atoms with Gasteiger partial charge < -0.3 is 25.2 Å². The Kier molecular flexibility index (Phi) is 14.3. The Hall–Kier alpha value is -4.35. The van der Waals surface area contributed by atoms with Crippen molar-refractivity contribution in [3.05, 3.63) is 101 Å². The standard InChI is InChI=1S/C43H51ClN4O6S/c1-54-43(53)37-16-10-17-38-48(37)42(52)36(24-26-55-38)46-40(50)32(28-30-13-6-3-7-14-30)19-18-31(27-29-11-4-2-5-12-29)39(49)45-35-15-8-9-25-47(41(35)51)34-22-20-33(44)21-23-34/h2-7,11-14,20-23,31-32,35-38H,8-10,15-19,24-28H2,1H3,(H,45,49)(H,46,50). The lowest BCUT2D eigenvalue weighted by atomic mass is 9.86. The molecule has 292 valence electrons. The zero-order chi connectivity index (χ0) is 38.7. The van der Waals surface area contributed by atoms with E-state index in [9.17, 15) is 24.0 Å². The minimum atomic E-state index is -0.776. The molecule has 0 saturated carbocycles. The third-order valence-electron chi connectivity index (χ3n) is 11.0. The largest absolute Gasteiger partial charge is 0.467 e. The first kappa shape index (κ1) is 40.3. The van der Waals surface area contributed by atoms with Crippen LogP contribution in [0.25, 0.3) is 0 Å². The molecule has 0 aliphatic carbocycles. The molecular formula is C43H51ClN4O6S. The van der Waals surface area contributed by atoms with Gasteiger partial charge in [-0.25, -0.2) is 4.79 Å². The molecule has 0 spiro atoms. The normalized spacial score (nSPS) is 22.7. The summed E-state index contributed by atoms with van der Waals surface area (Å²) in [7, 11) is 1.34. The molecule has 3 aromatic carbocycles. The minimum absolute atomic E-state index is 0.136. The molecule has 6 unspecified atom stereocenters. The first-order valence-corrected chi connectivity index (χ1v) is 20.9. The fourth-order valence-corrected chi connectivity index (χ4v) is 9.55. The van der Waals surface area contributed by atoms with Crippen LogP contribution in [0.3, 0.4) is 0 Å². The number of nitrogens with one attached hydrogen (secondary N) is 2. The summed E-state index contributed by atoms with van der Waals surface area (Å²) in [6, 6.07) is 24.6. The number of thioether (sulfide) groups is 1. The van der Waals surface area contributed by atoms with Gasteiger partial charge in [-0.1, -0.05) is 72.3 Å². The predicted molar refractivity (Wildman–Crippen MR) is 215 cm³/mol. The molecular weight excluding hydrogens is 736 g/mol. The van der Waals surface area contributed by atoms with E-state index in [2.05, 4.69) is 10.6 Å². The van der Waals surface area contributed by atoms with Gasteiger partial charge in [-0.15, -0.1) is 11.8 Å². The fraction of sp³-hybridized carbons (Fsp3) is 0.465. The molecule has 0 aromatic heterocycles. The number of carbonyl (C=O) groups is 5. The van der Waals surface area contributed by atoms with Crippen molar-refractivity contribution in [3.8, 4) is 0 Å². The average Bonchev–Trinajstić information content (AvgIpc) is 3.48. The highest BCUT2D eigenvalue weighted by Crippen LogP contribution is 2.35. The summed E-state index contributed by atoms with van der Waals surface area (Å²) in [6.45, 7) is 0.556. The number of anilines is 1. The van der Waals surface area contributed by atoms with Gasteiger partial charge in [-0.05, 0) is 112 Å². The van der Waals surface area contributed by atoms with E-state index in [1.54, 1.807) is 33.7 Å². The Morgan fingerprint density at radius 3 is 1.91 bits per heavy atom. The molecule has 0 radical (unpaired) electrons. The molecule has 2 N–H and O–H groups in total. The smallest absolute Gasteiger partial charge is 0.328 e. The van der Waals surface area contributed by atoms with Gasteiger partial charge in [0.2, 0.25) is 23.6 Å². The molecule has 10 nitrogen and oxygen atoms in total. The zero-order valence-corrected chi connectivity index (χ0v) is 32.9. The summed E-state index contributed by atoms with van der Waals surface area (Å²) in [5, 5.41) is 6.66. The van der Waals surface area contributed by atoms with Crippen LogP contribution < -0.4 is 15.5 Å². The maximum atomic E-state index is 14.3. The number of piperidine rings is 1. The highest BCUT2D eigenvalue weighted by Gasteiger charge is 2.44. The second-order valence-corrected chi connectivity index (χ2v) is 16.5. The number of ether oxygens (including phenoxy) is 1. The van der Waals surface area contributed by atoms with Gasteiger partial charge >= 0.3 is 5.97 Å². The predicted octanol–water partition coefficient (Wildman–Crippen LogP) is 6.34. The molecule has 55 heavy (non-hydrogen) atoms. The van der Waals surface area contributed by atoms with E-state index in [1.807, 2.05) is 72.8 Å². The maximum absolute atomic E-state index is 14.3. The Bertz CT molecular complexity index is 1780. The van der Waals surface area contributed by atoms with Crippen LogP contribution in [0, 0.1) is 11.8 Å². The summed E-state index contributed by atoms with van der Waals surface area (Å²) in [5.41, 5.74) is 2.70. The number of hydrogen-bond acceptors (Lipinski definition) is 7. The molecule has 12 heteroatoms. The Balaban J connectivity index is 1.20. The second-order valence-electron chi connectivity index (χ2n) is 14.8. The van der Waals surface area contributed by atoms with E-state index in [1.165, 1.54) is 7.11 Å². The fourth-order valence-electron chi connectivity index (χ4n) is 8.03. The van der Waals surface area contributed by atoms with Gasteiger partial charge in [0, 0.05) is 29.1 Å². The van der Waals surface area contributed by atoms with Crippen LogP contribution in [0.1, 0.15) is 68.9 Å². The molecule has 3 aliphatic heterocycles. The maximum Gasteiger partial charge on any atom is 0.328 e. The number of esters is 1. The summed E-state index contributed by atoms with van der Waals surface area (Å²) in [5.74, 6) is -1.69. The average molecular weight is 787 g/mol. The molecule has 6 atom stereocenters. The number of carbonyl (C=O) groups excluding carboxylic acids is 5. The van der Waals surface area contributed by atoms with Gasteiger partial charge in [-0.2, -0.15) is 0 Å². The lowest BCUT2D eigenvalue weighted by molar-refractivity contribution is -0.156. The molecule has 0 bridgehead atoms. The van der Waals surface area contributed by atoms with Crippen molar-refractivity contribution >= 4 is 58.6 Å². The molecule has 6 rings (SSSR count). The van der Waals surface area contributed by atoms with Crippen molar-refractivity contribution in [1.29, 1.82) is 0 Å². The van der Waals surface area contributed by atoms with E-state index in [0.29, 0.717) is 62.3 Å². The number of methoxy groups -OCH3 is 1. The molecule has 3 aliphatic rings. The highest BCUT2D eigenvalue weighted by atomic mass is 35.5. The van der Waals surface area contributed by atoms with Crippen molar-refractivity contribution in [3.63, 3.8) is 0 Å². The quantitative estimate of drug-likeness (QED) is 0.194. The molecule has 3 saturated heterocycles. The number of hydrogen-bond donors (Lipinski definition) is 2. The van der Waals surface area contributed by atoms with E-state index in [0.717, 1.165) is 42.5 Å². The molecule has 4 amide bonds. The summed E-state index contributed by atoms with van der Waals surface area (Å²) in [6.07, 6.45) is 6.38. The van der Waals surface area contributed by atoms with Crippen LogP contribution in [-0.4, -0.2) is 77.4 Å². The van der Waals surface area contributed by atoms with Crippen LogP contribution in [0.2, 0.25) is 5.02 Å². The monoisotopic (exact) mass is 786 g/mol. The van der Waals surface area contributed by atoms with E-state index < -0.39 is 35.9 Å². The van der Waals surface area contributed by atoms with Gasteiger partial charge in [0.05, 0.1) is 12.5 Å². The van der Waals surface area contributed by atoms with Gasteiger partial charge in [-0.3, -0.25) is 19.2 Å². The van der Waals surface area contributed by atoms with Crippen molar-refractivity contribution in [2.45, 2.75) is 94.1 Å². The van der Waals surface area contributed by atoms with Crippen LogP contribution >= 0.6 is 23.4 Å². The Morgan fingerprint density at radius 2 is 1.33 bits per heavy atom. The summed E-state index contributed by atoms with van der Waals surface area (Å²) < 4.78 is 5.07. The third-order valence-corrected chi connectivity index (χ3v) is 12.6. The number of amides is 4. The number of halogens is 1. The summed E-state index contributed by atoms with van der Waals surface area (Å²) in [4.78, 5) is 72.6. The topological polar surface area (TPSA) is 125 Å². The number of nitrogens with zero attached hydrogens (tertiary/aromatic N) is 2. The lowest BCUT2D eigenvalue weighted by Crippen LogP contribution is -2.57. The second kappa shape index (κ2) is 19.5. The van der Waals surface area contributed by atoms with Crippen LogP contribution in [0.4, 0.5) is 5.69 Å². The Labute approximate surface area is 333 Å². The first-order chi connectivity index (χ1) is 26.7. The highest BCUT2D eigenvalue weighted by molar-refractivity contribution is 7.99. The van der Waals surface area contributed by atoms with Gasteiger partial charge in [0.25, 0.3) is 0 Å². The number of rotatable bonds is 13. The van der Waals surface area contributed by atoms with Crippen LogP contribution in [0.15, 0.2) is 84.9 Å². The summed E-state index contributed by atoms with van der Waals surface area (Å²) >= 11 is 7.77. The SMILES string of the molecule is COC(=O)C1CCCC2SCCC(NC(=O)C(CCC(Cc3ccccc3)C(=O)NC3CCCCN(c4ccc(Cl)cc4)C3=O)Cc3ccccc3)C(=O)N21. The van der Waals surface area contributed by atoms with E-state index in [4.69, 9.17) is 16.3 Å². The number of fused-ring (bicyclic) bond motifs is 1. The van der Waals surface area contributed by atoms with Crippen LogP contribution in [-0.2, 0) is 41.6 Å². The molecule has 3 heterocycles. The van der Waals surface area contributed by atoms with Crippen molar-refractivity contribution < 1.29 is 28.7 Å². The van der Waals surface area contributed by atoms with Crippen molar-refractivity contribution in [2.24, 2.45) is 11.8 Å². The third kappa shape index (κ3) is 10.5. The minimum Gasteiger partial charge on any atom is -0.467 e. The first-order valence-electron chi connectivity index (χ1n) is 19.5. The van der Waals surface area contributed by atoms with E-state index >= 15 is 0 Å². The van der Waals surface area contributed by atoms with Gasteiger partial charge in [0.1, 0.15) is 18.1 Å². The zero-order valence-electron chi connectivity index (χ0n) is 31.4. The van der Waals surface area contributed by atoms with Crippen LogP contribution in [0.5, 0.6) is 0 Å². The van der Waals surface area contributed by atoms with Crippen molar-refractivity contribution in [1.82, 2.24) is 15.5 Å². The lowest BCUT2D eigenvalue weighted by Gasteiger charge is -2.40. The van der Waals surface area contributed by atoms with Gasteiger partial charge in [0.15, 0.2) is 0 Å². The number of benzene rings is 3. The van der Waals surface area contributed by atoms with E-state index in [-0.39, 0.29) is 29.0 Å². The van der Waals surface area contributed by atoms with Crippen molar-refractivity contribution in [2.75, 3.05) is 24.3 Å².